The minimum atomic E-state index is -0.566. The van der Waals surface area contributed by atoms with Crippen LogP contribution in [0.25, 0.3) is 0 Å². The third-order valence-corrected chi connectivity index (χ3v) is 4.31. The average Bonchev–Trinajstić information content (AvgIpc) is 2.59. The zero-order valence-electron chi connectivity index (χ0n) is 13.6. The summed E-state index contributed by atoms with van der Waals surface area (Å²) in [6.45, 7) is 2.01. The van der Waals surface area contributed by atoms with Crippen LogP contribution in [-0.2, 0) is 20.7 Å². The van der Waals surface area contributed by atoms with Crippen LogP contribution in [0.5, 0.6) is 0 Å². The van der Waals surface area contributed by atoms with Gasteiger partial charge in [-0.3, -0.25) is 9.59 Å². The number of carbonyl (C=O) groups is 2. The SMILES string of the molecule is NCC1(C(=O)NCCNC(=O)Cc2cccc(F)c2)CCOCC1. The second-order valence-electron chi connectivity index (χ2n) is 6.01. The van der Waals surface area contributed by atoms with Crippen molar-refractivity contribution in [1.82, 2.24) is 10.6 Å². The van der Waals surface area contributed by atoms with Gasteiger partial charge in [0.25, 0.3) is 0 Å². The topological polar surface area (TPSA) is 93.5 Å². The van der Waals surface area contributed by atoms with Crippen LogP contribution in [0.3, 0.4) is 0 Å². The normalized spacial score (nSPS) is 16.4. The van der Waals surface area contributed by atoms with Crippen LogP contribution >= 0.6 is 0 Å². The molecule has 0 aromatic heterocycles. The molecule has 0 atom stereocenters. The highest BCUT2D eigenvalue weighted by atomic mass is 19.1. The third-order valence-electron chi connectivity index (χ3n) is 4.31. The number of nitrogens with two attached hydrogens (primary N) is 1. The molecule has 7 heteroatoms. The van der Waals surface area contributed by atoms with Crippen LogP contribution in [0.4, 0.5) is 4.39 Å². The highest BCUT2D eigenvalue weighted by Gasteiger charge is 2.38. The number of nitrogens with one attached hydrogen (secondary N) is 2. The van der Waals surface area contributed by atoms with E-state index in [-0.39, 0.29) is 30.6 Å². The Bertz CT molecular complexity index is 574. The summed E-state index contributed by atoms with van der Waals surface area (Å²) < 4.78 is 18.3. The Kier molecular flexibility index (Phi) is 6.69. The van der Waals surface area contributed by atoms with E-state index in [1.54, 1.807) is 12.1 Å². The van der Waals surface area contributed by atoms with Gasteiger partial charge in [-0.1, -0.05) is 12.1 Å². The summed E-state index contributed by atoms with van der Waals surface area (Å²) in [5.74, 6) is -0.668. The third kappa shape index (κ3) is 5.01. The Hall–Kier alpha value is -1.99. The monoisotopic (exact) mass is 337 g/mol. The van der Waals surface area contributed by atoms with Crippen LogP contribution in [0.15, 0.2) is 24.3 Å². The Morgan fingerprint density at radius 2 is 1.92 bits per heavy atom. The van der Waals surface area contributed by atoms with Crippen LogP contribution in [-0.4, -0.2) is 44.7 Å². The van der Waals surface area contributed by atoms with Gasteiger partial charge >= 0.3 is 0 Å². The van der Waals surface area contributed by atoms with Gasteiger partial charge in [0.15, 0.2) is 0 Å². The highest BCUT2D eigenvalue weighted by Crippen LogP contribution is 2.29. The molecule has 2 amide bonds. The molecule has 1 heterocycles. The van der Waals surface area contributed by atoms with E-state index in [9.17, 15) is 14.0 Å². The zero-order chi connectivity index (χ0) is 17.4. The molecule has 1 fully saturated rings. The van der Waals surface area contributed by atoms with Gasteiger partial charge in [0, 0.05) is 32.8 Å². The first-order chi connectivity index (χ1) is 11.6. The molecule has 1 aromatic carbocycles. The number of halogens is 1. The van der Waals surface area contributed by atoms with E-state index in [0.29, 0.717) is 44.7 Å². The van der Waals surface area contributed by atoms with Gasteiger partial charge in [0.2, 0.25) is 11.8 Å². The number of amides is 2. The predicted molar refractivity (Wildman–Crippen MR) is 87.7 cm³/mol. The number of hydrogen-bond acceptors (Lipinski definition) is 4. The lowest BCUT2D eigenvalue weighted by Crippen LogP contribution is -2.50. The van der Waals surface area contributed by atoms with Crippen LogP contribution < -0.4 is 16.4 Å². The Labute approximate surface area is 140 Å². The van der Waals surface area contributed by atoms with E-state index in [4.69, 9.17) is 10.5 Å². The molecule has 132 valence electrons. The van der Waals surface area contributed by atoms with Gasteiger partial charge in [-0.2, -0.15) is 0 Å². The molecule has 4 N–H and O–H groups in total. The molecule has 0 unspecified atom stereocenters. The van der Waals surface area contributed by atoms with Gasteiger partial charge in [0.1, 0.15) is 5.82 Å². The lowest BCUT2D eigenvalue weighted by molar-refractivity contribution is -0.136. The van der Waals surface area contributed by atoms with Gasteiger partial charge in [-0.05, 0) is 30.5 Å². The van der Waals surface area contributed by atoms with E-state index in [2.05, 4.69) is 10.6 Å². The molecule has 1 aliphatic rings. The number of ether oxygens (including phenoxy) is 1. The summed E-state index contributed by atoms with van der Waals surface area (Å²) in [5.41, 5.74) is 5.82. The molecule has 2 rings (SSSR count). The molecule has 24 heavy (non-hydrogen) atoms. The summed E-state index contributed by atoms with van der Waals surface area (Å²) >= 11 is 0. The molecule has 6 nitrogen and oxygen atoms in total. The fraction of sp³-hybridized carbons (Fsp3) is 0.529. The molecule has 1 saturated heterocycles. The van der Waals surface area contributed by atoms with Crippen LogP contribution in [0.1, 0.15) is 18.4 Å². The van der Waals surface area contributed by atoms with E-state index in [1.807, 2.05) is 0 Å². The molecular weight excluding hydrogens is 313 g/mol. The molecule has 0 radical (unpaired) electrons. The van der Waals surface area contributed by atoms with Gasteiger partial charge < -0.3 is 21.1 Å². The lowest BCUT2D eigenvalue weighted by Gasteiger charge is -2.34. The van der Waals surface area contributed by atoms with Gasteiger partial charge in [-0.25, -0.2) is 4.39 Å². The van der Waals surface area contributed by atoms with Crippen molar-refractivity contribution in [2.24, 2.45) is 11.1 Å². The van der Waals surface area contributed by atoms with E-state index in [1.165, 1.54) is 12.1 Å². The van der Waals surface area contributed by atoms with Crippen molar-refractivity contribution >= 4 is 11.8 Å². The molecule has 1 aromatic rings. The zero-order valence-corrected chi connectivity index (χ0v) is 13.6. The minimum absolute atomic E-state index is 0.0901. The maximum atomic E-state index is 13.1. The summed E-state index contributed by atoms with van der Waals surface area (Å²) in [6, 6.07) is 5.93. The summed E-state index contributed by atoms with van der Waals surface area (Å²) in [4.78, 5) is 24.1. The fourth-order valence-electron chi connectivity index (χ4n) is 2.75. The largest absolute Gasteiger partial charge is 0.381 e. The summed E-state index contributed by atoms with van der Waals surface area (Å²) in [6.07, 6.45) is 1.33. The first-order valence-electron chi connectivity index (χ1n) is 8.13. The van der Waals surface area contributed by atoms with Crippen LogP contribution in [0.2, 0.25) is 0 Å². The maximum absolute atomic E-state index is 13.1. The van der Waals surface area contributed by atoms with Crippen molar-refractivity contribution in [2.75, 3.05) is 32.8 Å². The molecule has 0 spiro atoms. The second-order valence-corrected chi connectivity index (χ2v) is 6.01. The predicted octanol–water partition coefficient (Wildman–Crippen LogP) is 0.356. The number of carbonyl (C=O) groups excluding carboxylic acids is 2. The fourth-order valence-corrected chi connectivity index (χ4v) is 2.75. The van der Waals surface area contributed by atoms with Crippen molar-refractivity contribution in [3.63, 3.8) is 0 Å². The lowest BCUT2D eigenvalue weighted by atomic mass is 9.79. The van der Waals surface area contributed by atoms with Crippen molar-refractivity contribution in [3.8, 4) is 0 Å². The first kappa shape index (κ1) is 18.4. The summed E-state index contributed by atoms with van der Waals surface area (Å²) in [5, 5.41) is 5.53. The van der Waals surface area contributed by atoms with Crippen molar-refractivity contribution in [3.05, 3.63) is 35.6 Å². The van der Waals surface area contributed by atoms with E-state index >= 15 is 0 Å². The van der Waals surface area contributed by atoms with E-state index < -0.39 is 5.41 Å². The Morgan fingerprint density at radius 3 is 2.58 bits per heavy atom. The van der Waals surface area contributed by atoms with Gasteiger partial charge in [-0.15, -0.1) is 0 Å². The summed E-state index contributed by atoms with van der Waals surface area (Å²) in [7, 11) is 0. The highest BCUT2D eigenvalue weighted by molar-refractivity contribution is 5.83. The Morgan fingerprint density at radius 1 is 1.21 bits per heavy atom. The molecule has 0 aliphatic carbocycles. The van der Waals surface area contributed by atoms with Crippen molar-refractivity contribution in [2.45, 2.75) is 19.3 Å². The molecular formula is C17H24FN3O3. The number of rotatable bonds is 7. The van der Waals surface area contributed by atoms with Gasteiger partial charge in [0.05, 0.1) is 11.8 Å². The quantitative estimate of drug-likeness (QED) is 0.626. The van der Waals surface area contributed by atoms with Crippen molar-refractivity contribution < 1.29 is 18.7 Å². The number of benzene rings is 1. The maximum Gasteiger partial charge on any atom is 0.227 e. The standard InChI is InChI=1S/C17H24FN3O3/c18-14-3-1-2-13(10-14)11-15(22)20-6-7-21-16(23)17(12-19)4-8-24-9-5-17/h1-3,10H,4-9,11-12,19H2,(H,20,22)(H,21,23). The average molecular weight is 337 g/mol. The smallest absolute Gasteiger partial charge is 0.227 e. The molecule has 0 saturated carbocycles. The molecule has 0 bridgehead atoms. The minimum Gasteiger partial charge on any atom is -0.381 e. The van der Waals surface area contributed by atoms with Crippen LogP contribution in [0, 0.1) is 11.2 Å². The Balaban J connectivity index is 1.70. The number of hydrogen-bond donors (Lipinski definition) is 3. The second kappa shape index (κ2) is 8.75. The first-order valence-corrected chi connectivity index (χ1v) is 8.13. The van der Waals surface area contributed by atoms with Crippen molar-refractivity contribution in [1.29, 1.82) is 0 Å². The molecule has 1 aliphatic heterocycles. The van der Waals surface area contributed by atoms with E-state index in [0.717, 1.165) is 0 Å².